The largest absolute Gasteiger partial charge is 0.380 e. The Kier molecular flexibility index (Phi) is 9.96. The smallest absolute Gasteiger partial charge is 0.237 e. The van der Waals surface area contributed by atoms with Crippen LogP contribution in [0.2, 0.25) is 0 Å². The molecule has 24 heavy (non-hydrogen) atoms. The topological polar surface area (TPSA) is 101 Å². The zero-order valence-corrected chi connectivity index (χ0v) is 16.0. The van der Waals surface area contributed by atoms with Gasteiger partial charge in [0.2, 0.25) is 5.91 Å². The van der Waals surface area contributed by atoms with Gasteiger partial charge in [-0.3, -0.25) is 4.79 Å². The lowest BCUT2D eigenvalue weighted by molar-refractivity contribution is -0.122. The first kappa shape index (κ1) is 22.7. The lowest BCUT2D eigenvalue weighted by atomic mass is 10.0. The standard InChI is InChI=1S/C16H27N3O3S.ClH/c1-12(2)15(19-13-7-5-4-6-8-13)11-18-16(20)14(17)9-10-23(3,21)22;/h4-8,12,14-15,19H,9-11,17H2,1-3H3,(H,18,20);1H. The van der Waals surface area contributed by atoms with Crippen molar-refractivity contribution < 1.29 is 13.2 Å². The van der Waals surface area contributed by atoms with Gasteiger partial charge in [0.15, 0.2) is 0 Å². The number of nitrogens with two attached hydrogens (primary N) is 1. The van der Waals surface area contributed by atoms with Crippen molar-refractivity contribution in [2.75, 3.05) is 23.9 Å². The van der Waals surface area contributed by atoms with Gasteiger partial charge in [0.25, 0.3) is 0 Å². The van der Waals surface area contributed by atoms with Crippen LogP contribution in [0.5, 0.6) is 0 Å². The number of hydrogen-bond acceptors (Lipinski definition) is 5. The molecule has 6 nitrogen and oxygen atoms in total. The van der Waals surface area contributed by atoms with E-state index in [0.717, 1.165) is 11.9 Å². The minimum Gasteiger partial charge on any atom is -0.380 e. The molecule has 0 aliphatic heterocycles. The van der Waals surface area contributed by atoms with E-state index in [0.29, 0.717) is 12.5 Å². The van der Waals surface area contributed by atoms with Gasteiger partial charge in [0, 0.05) is 24.5 Å². The summed E-state index contributed by atoms with van der Waals surface area (Å²) < 4.78 is 22.2. The van der Waals surface area contributed by atoms with E-state index in [1.54, 1.807) is 0 Å². The quantitative estimate of drug-likeness (QED) is 0.604. The molecule has 4 N–H and O–H groups in total. The van der Waals surface area contributed by atoms with E-state index in [1.807, 2.05) is 30.3 Å². The second-order valence-corrected chi connectivity index (χ2v) is 8.39. The van der Waals surface area contributed by atoms with Crippen molar-refractivity contribution in [2.24, 2.45) is 11.7 Å². The number of benzene rings is 1. The lowest BCUT2D eigenvalue weighted by Crippen LogP contribution is -2.46. The molecule has 0 heterocycles. The third-order valence-corrected chi connectivity index (χ3v) is 4.54. The fourth-order valence-corrected chi connectivity index (χ4v) is 2.70. The second kappa shape index (κ2) is 10.5. The maximum absolute atomic E-state index is 12.0. The molecule has 1 aromatic rings. The van der Waals surface area contributed by atoms with Crippen LogP contribution >= 0.6 is 12.4 Å². The maximum atomic E-state index is 12.0. The predicted molar refractivity (Wildman–Crippen MR) is 101 cm³/mol. The Bertz CT molecular complexity index is 594. The number of anilines is 1. The van der Waals surface area contributed by atoms with E-state index in [4.69, 9.17) is 5.73 Å². The fraction of sp³-hybridized carbons (Fsp3) is 0.562. The summed E-state index contributed by atoms with van der Waals surface area (Å²) in [4.78, 5) is 12.0. The van der Waals surface area contributed by atoms with Crippen molar-refractivity contribution in [2.45, 2.75) is 32.4 Å². The van der Waals surface area contributed by atoms with Gasteiger partial charge in [-0.1, -0.05) is 32.0 Å². The summed E-state index contributed by atoms with van der Waals surface area (Å²) in [6, 6.07) is 9.01. The molecule has 0 bridgehead atoms. The van der Waals surface area contributed by atoms with Crippen molar-refractivity contribution >= 4 is 33.8 Å². The van der Waals surface area contributed by atoms with Crippen LogP contribution in [-0.4, -0.2) is 45.0 Å². The van der Waals surface area contributed by atoms with E-state index in [2.05, 4.69) is 24.5 Å². The van der Waals surface area contributed by atoms with Crippen LogP contribution in [0.3, 0.4) is 0 Å². The van der Waals surface area contributed by atoms with Crippen LogP contribution in [0.4, 0.5) is 5.69 Å². The molecule has 0 radical (unpaired) electrons. The first-order valence-corrected chi connectivity index (χ1v) is 9.77. The molecule has 8 heteroatoms. The van der Waals surface area contributed by atoms with E-state index < -0.39 is 15.9 Å². The Hall–Kier alpha value is -1.31. The highest BCUT2D eigenvalue weighted by atomic mass is 35.5. The third-order valence-electron chi connectivity index (χ3n) is 3.56. The number of hydrogen-bond donors (Lipinski definition) is 3. The Balaban J connectivity index is 0.00000529. The SMILES string of the molecule is CC(C)C(CNC(=O)C(N)CCS(C)(=O)=O)Nc1ccccc1.Cl. The molecule has 0 spiro atoms. The summed E-state index contributed by atoms with van der Waals surface area (Å²) >= 11 is 0. The minimum absolute atomic E-state index is 0. The summed E-state index contributed by atoms with van der Waals surface area (Å²) in [6.45, 7) is 4.56. The number of para-hydroxylation sites is 1. The summed E-state index contributed by atoms with van der Waals surface area (Å²) in [5.74, 6) is -0.103. The van der Waals surface area contributed by atoms with Gasteiger partial charge in [0.1, 0.15) is 9.84 Å². The van der Waals surface area contributed by atoms with Gasteiger partial charge in [-0.2, -0.15) is 0 Å². The molecule has 1 amide bonds. The first-order chi connectivity index (χ1) is 10.7. The Morgan fingerprint density at radius 2 is 1.79 bits per heavy atom. The van der Waals surface area contributed by atoms with Crippen LogP contribution in [-0.2, 0) is 14.6 Å². The molecule has 2 unspecified atom stereocenters. The lowest BCUT2D eigenvalue weighted by Gasteiger charge is -2.24. The van der Waals surface area contributed by atoms with Gasteiger partial charge < -0.3 is 16.4 Å². The van der Waals surface area contributed by atoms with Crippen LogP contribution in [0.15, 0.2) is 30.3 Å². The van der Waals surface area contributed by atoms with Crippen LogP contribution < -0.4 is 16.4 Å². The number of amides is 1. The summed E-state index contributed by atoms with van der Waals surface area (Å²) in [5, 5.41) is 6.18. The van der Waals surface area contributed by atoms with Crippen LogP contribution in [0.25, 0.3) is 0 Å². The molecule has 0 fully saturated rings. The molecular formula is C16H28ClN3O3S. The number of halogens is 1. The molecule has 1 rings (SSSR count). The molecular weight excluding hydrogens is 350 g/mol. The van der Waals surface area contributed by atoms with E-state index >= 15 is 0 Å². The normalized spacial score (nSPS) is 13.7. The van der Waals surface area contributed by atoms with E-state index in [-0.39, 0.29) is 36.5 Å². The summed E-state index contributed by atoms with van der Waals surface area (Å²) in [7, 11) is -3.11. The Labute approximate surface area is 150 Å². The molecule has 0 aromatic heterocycles. The predicted octanol–water partition coefficient (Wildman–Crippen LogP) is 1.42. The summed E-state index contributed by atoms with van der Waals surface area (Å²) in [6.07, 6.45) is 1.26. The molecule has 0 saturated heterocycles. The van der Waals surface area contributed by atoms with Crippen molar-refractivity contribution in [3.8, 4) is 0 Å². The zero-order valence-electron chi connectivity index (χ0n) is 14.4. The van der Waals surface area contributed by atoms with Gasteiger partial charge in [-0.15, -0.1) is 12.4 Å². The monoisotopic (exact) mass is 377 g/mol. The first-order valence-electron chi connectivity index (χ1n) is 7.71. The molecule has 1 aromatic carbocycles. The van der Waals surface area contributed by atoms with Gasteiger partial charge in [-0.25, -0.2) is 8.42 Å². The van der Waals surface area contributed by atoms with E-state index in [9.17, 15) is 13.2 Å². The zero-order chi connectivity index (χ0) is 17.5. The van der Waals surface area contributed by atoms with Crippen LogP contribution in [0.1, 0.15) is 20.3 Å². The van der Waals surface area contributed by atoms with Crippen LogP contribution in [0, 0.1) is 5.92 Å². The van der Waals surface area contributed by atoms with Gasteiger partial charge in [0.05, 0.1) is 11.8 Å². The van der Waals surface area contributed by atoms with E-state index in [1.165, 1.54) is 0 Å². The molecule has 0 aliphatic carbocycles. The van der Waals surface area contributed by atoms with Crippen molar-refractivity contribution in [3.05, 3.63) is 30.3 Å². The average molecular weight is 378 g/mol. The minimum atomic E-state index is -3.11. The summed E-state index contributed by atoms with van der Waals surface area (Å²) in [5.41, 5.74) is 6.73. The van der Waals surface area contributed by atoms with Crippen molar-refractivity contribution in [3.63, 3.8) is 0 Å². The highest BCUT2D eigenvalue weighted by Crippen LogP contribution is 2.11. The molecule has 2 atom stereocenters. The highest BCUT2D eigenvalue weighted by molar-refractivity contribution is 7.90. The van der Waals surface area contributed by atoms with Gasteiger partial charge in [-0.05, 0) is 24.5 Å². The molecule has 0 aliphatic rings. The highest BCUT2D eigenvalue weighted by Gasteiger charge is 2.19. The molecule has 0 saturated carbocycles. The van der Waals surface area contributed by atoms with Gasteiger partial charge >= 0.3 is 0 Å². The third kappa shape index (κ3) is 9.10. The number of sulfone groups is 1. The number of carbonyl (C=O) groups is 1. The Morgan fingerprint density at radius 3 is 2.29 bits per heavy atom. The number of rotatable bonds is 9. The Morgan fingerprint density at radius 1 is 1.21 bits per heavy atom. The molecule has 138 valence electrons. The van der Waals surface area contributed by atoms with Crippen molar-refractivity contribution in [1.82, 2.24) is 5.32 Å². The number of carbonyl (C=O) groups excluding carboxylic acids is 1. The second-order valence-electron chi connectivity index (χ2n) is 6.13. The maximum Gasteiger partial charge on any atom is 0.237 e. The number of nitrogens with one attached hydrogen (secondary N) is 2. The van der Waals surface area contributed by atoms with Crippen molar-refractivity contribution in [1.29, 1.82) is 0 Å². The fourth-order valence-electron chi connectivity index (χ4n) is 2.02. The average Bonchev–Trinajstić information content (AvgIpc) is 2.48.